The first kappa shape index (κ1) is 18.2. The fourth-order valence-electron chi connectivity index (χ4n) is 4.68. The number of rotatable bonds is 4. The molecule has 0 bridgehead atoms. The second-order valence-electron chi connectivity index (χ2n) is 7.79. The number of nitrogens with zero attached hydrogens (tertiary/aromatic N) is 3. The molecule has 130 valence electrons. The normalized spacial score (nSPS) is 33.5. The van der Waals surface area contributed by atoms with Crippen LogP contribution in [0, 0.1) is 11.3 Å². The molecule has 3 saturated heterocycles. The molecule has 0 radical (unpaired) electrons. The Morgan fingerprint density at radius 2 is 1.73 bits per heavy atom. The Morgan fingerprint density at radius 1 is 1.09 bits per heavy atom. The molecule has 0 amide bonds. The van der Waals surface area contributed by atoms with Gasteiger partial charge in [-0.05, 0) is 38.8 Å². The van der Waals surface area contributed by atoms with E-state index in [2.05, 4.69) is 42.4 Å². The van der Waals surface area contributed by atoms with E-state index in [-0.39, 0.29) is 0 Å². The van der Waals surface area contributed by atoms with E-state index in [1.807, 2.05) is 13.8 Å². The first-order chi connectivity index (χ1) is 10.6. The van der Waals surface area contributed by atoms with Gasteiger partial charge in [-0.1, -0.05) is 34.6 Å². The van der Waals surface area contributed by atoms with E-state index in [4.69, 9.17) is 0 Å². The van der Waals surface area contributed by atoms with E-state index in [9.17, 15) is 0 Å². The summed E-state index contributed by atoms with van der Waals surface area (Å²) in [6, 6.07) is 1.66. The summed E-state index contributed by atoms with van der Waals surface area (Å²) in [6.45, 7) is 22.8. The SMILES string of the molecule is CC.CCC(C)N1CC2(C1)CN(C1CCN(CC)C[C@@H]1C)C2. The van der Waals surface area contributed by atoms with Crippen LogP contribution in [0.3, 0.4) is 0 Å². The minimum atomic E-state index is 0.686. The fourth-order valence-corrected chi connectivity index (χ4v) is 4.68. The third kappa shape index (κ3) is 3.52. The molecule has 3 aliphatic rings. The van der Waals surface area contributed by atoms with Gasteiger partial charge in [-0.15, -0.1) is 0 Å². The summed E-state index contributed by atoms with van der Waals surface area (Å²) in [5, 5.41) is 0. The molecule has 22 heavy (non-hydrogen) atoms. The van der Waals surface area contributed by atoms with Crippen molar-refractivity contribution < 1.29 is 0 Å². The summed E-state index contributed by atoms with van der Waals surface area (Å²) in [7, 11) is 0. The van der Waals surface area contributed by atoms with Crippen LogP contribution in [0.25, 0.3) is 0 Å². The summed E-state index contributed by atoms with van der Waals surface area (Å²) < 4.78 is 0. The van der Waals surface area contributed by atoms with Crippen molar-refractivity contribution in [2.24, 2.45) is 11.3 Å². The topological polar surface area (TPSA) is 9.72 Å². The molecular formula is C19H39N3. The van der Waals surface area contributed by atoms with Crippen molar-refractivity contribution in [1.29, 1.82) is 0 Å². The lowest BCUT2D eigenvalue weighted by Gasteiger charge is -2.64. The van der Waals surface area contributed by atoms with Crippen LogP contribution in [0.2, 0.25) is 0 Å². The van der Waals surface area contributed by atoms with Crippen LogP contribution >= 0.6 is 0 Å². The van der Waals surface area contributed by atoms with Gasteiger partial charge in [-0.3, -0.25) is 9.80 Å². The summed E-state index contributed by atoms with van der Waals surface area (Å²) >= 11 is 0. The van der Waals surface area contributed by atoms with Crippen LogP contribution in [-0.4, -0.2) is 72.6 Å². The predicted octanol–water partition coefficient (Wildman–Crippen LogP) is 3.16. The zero-order valence-corrected chi connectivity index (χ0v) is 15.9. The van der Waals surface area contributed by atoms with Gasteiger partial charge in [0.1, 0.15) is 0 Å². The molecule has 1 spiro atoms. The van der Waals surface area contributed by atoms with Gasteiger partial charge in [-0.2, -0.15) is 0 Å². The van der Waals surface area contributed by atoms with Crippen molar-refractivity contribution in [2.75, 3.05) is 45.8 Å². The smallest absolute Gasteiger partial charge is 0.0212 e. The van der Waals surface area contributed by atoms with E-state index in [1.165, 1.54) is 58.7 Å². The van der Waals surface area contributed by atoms with Gasteiger partial charge >= 0.3 is 0 Å². The average Bonchev–Trinajstić information content (AvgIpc) is 2.47. The minimum Gasteiger partial charge on any atom is -0.303 e. The van der Waals surface area contributed by atoms with E-state index in [0.717, 1.165) is 18.0 Å². The molecule has 0 aliphatic carbocycles. The van der Waals surface area contributed by atoms with Gasteiger partial charge in [0.05, 0.1) is 0 Å². The number of piperidine rings is 1. The average molecular weight is 310 g/mol. The Balaban J connectivity index is 0.000000847. The number of hydrogen-bond acceptors (Lipinski definition) is 3. The van der Waals surface area contributed by atoms with Gasteiger partial charge in [0, 0.05) is 50.2 Å². The molecule has 3 heterocycles. The van der Waals surface area contributed by atoms with Crippen molar-refractivity contribution >= 4 is 0 Å². The van der Waals surface area contributed by atoms with Crippen LogP contribution in [0.1, 0.15) is 54.4 Å². The van der Waals surface area contributed by atoms with E-state index in [1.54, 1.807) is 0 Å². The summed E-state index contributed by atoms with van der Waals surface area (Å²) in [4.78, 5) is 8.09. The molecule has 3 atom stereocenters. The Kier molecular flexibility index (Phi) is 6.32. The van der Waals surface area contributed by atoms with Crippen LogP contribution in [-0.2, 0) is 0 Å². The van der Waals surface area contributed by atoms with E-state index >= 15 is 0 Å². The number of likely N-dealkylation sites (tertiary alicyclic amines) is 3. The molecule has 0 aromatic heterocycles. The maximum absolute atomic E-state index is 2.80. The molecule has 3 heteroatoms. The Bertz CT molecular complexity index is 330. The van der Waals surface area contributed by atoms with Gasteiger partial charge in [0.25, 0.3) is 0 Å². The summed E-state index contributed by atoms with van der Waals surface area (Å²) in [6.07, 6.45) is 2.69. The Labute approximate surface area is 139 Å². The molecule has 3 rings (SSSR count). The van der Waals surface area contributed by atoms with Crippen LogP contribution < -0.4 is 0 Å². The van der Waals surface area contributed by atoms with E-state index in [0.29, 0.717) is 5.41 Å². The van der Waals surface area contributed by atoms with Crippen molar-refractivity contribution in [3.8, 4) is 0 Å². The first-order valence-electron chi connectivity index (χ1n) is 9.77. The largest absolute Gasteiger partial charge is 0.303 e. The maximum Gasteiger partial charge on any atom is 0.0212 e. The second kappa shape index (κ2) is 7.63. The van der Waals surface area contributed by atoms with Gasteiger partial charge in [0.15, 0.2) is 0 Å². The quantitative estimate of drug-likeness (QED) is 0.790. The first-order valence-corrected chi connectivity index (χ1v) is 9.77. The van der Waals surface area contributed by atoms with Crippen molar-refractivity contribution in [1.82, 2.24) is 14.7 Å². The minimum absolute atomic E-state index is 0.686. The Hall–Kier alpha value is -0.120. The van der Waals surface area contributed by atoms with Crippen LogP contribution in [0.4, 0.5) is 0 Å². The molecule has 0 aromatic carbocycles. The molecular weight excluding hydrogens is 270 g/mol. The second-order valence-corrected chi connectivity index (χ2v) is 7.79. The van der Waals surface area contributed by atoms with Crippen LogP contribution in [0.15, 0.2) is 0 Å². The van der Waals surface area contributed by atoms with E-state index < -0.39 is 0 Å². The van der Waals surface area contributed by atoms with Gasteiger partial charge < -0.3 is 4.90 Å². The molecule has 3 aliphatic heterocycles. The lowest BCUT2D eigenvalue weighted by Crippen LogP contribution is -2.75. The third-order valence-electron chi connectivity index (χ3n) is 6.23. The summed E-state index contributed by atoms with van der Waals surface area (Å²) in [5.74, 6) is 0.854. The highest BCUT2D eigenvalue weighted by Crippen LogP contribution is 2.43. The highest BCUT2D eigenvalue weighted by Gasteiger charge is 2.54. The van der Waals surface area contributed by atoms with Crippen molar-refractivity contribution in [3.05, 3.63) is 0 Å². The van der Waals surface area contributed by atoms with Crippen molar-refractivity contribution in [2.45, 2.75) is 66.5 Å². The molecule has 3 nitrogen and oxygen atoms in total. The molecule has 0 saturated carbocycles. The fraction of sp³-hybridized carbons (Fsp3) is 1.00. The van der Waals surface area contributed by atoms with Gasteiger partial charge in [0.2, 0.25) is 0 Å². The lowest BCUT2D eigenvalue weighted by molar-refractivity contribution is -0.153. The monoisotopic (exact) mass is 309 g/mol. The molecule has 2 unspecified atom stereocenters. The van der Waals surface area contributed by atoms with Crippen LogP contribution in [0.5, 0.6) is 0 Å². The van der Waals surface area contributed by atoms with Gasteiger partial charge in [-0.25, -0.2) is 0 Å². The third-order valence-corrected chi connectivity index (χ3v) is 6.23. The molecule has 3 fully saturated rings. The maximum atomic E-state index is 2.80. The Morgan fingerprint density at radius 3 is 2.23 bits per heavy atom. The summed E-state index contributed by atoms with van der Waals surface area (Å²) in [5.41, 5.74) is 0.686. The molecule has 0 N–H and O–H groups in total. The predicted molar refractivity (Wildman–Crippen MR) is 96.4 cm³/mol. The zero-order valence-electron chi connectivity index (χ0n) is 15.9. The highest BCUT2D eigenvalue weighted by molar-refractivity contribution is 5.08. The highest BCUT2D eigenvalue weighted by atomic mass is 15.3. The zero-order chi connectivity index (χ0) is 16.3. The standard InChI is InChI=1S/C17H33N3.C2H6/c1-5-15(4)19-10-17(11-19)12-20(13-17)16-7-8-18(6-2)9-14(16)3;1-2/h14-16H,5-13H2,1-4H3;1-2H3/t14-,15?,16?;/m0./s1. The van der Waals surface area contributed by atoms with Crippen molar-refractivity contribution in [3.63, 3.8) is 0 Å². The lowest BCUT2D eigenvalue weighted by atomic mass is 9.70. The molecule has 0 aromatic rings. The number of hydrogen-bond donors (Lipinski definition) is 0.